The Hall–Kier alpha value is -3.36. The van der Waals surface area contributed by atoms with Gasteiger partial charge in [0.2, 0.25) is 0 Å². The summed E-state index contributed by atoms with van der Waals surface area (Å²) >= 11 is 8.79. The van der Waals surface area contributed by atoms with E-state index in [-0.39, 0.29) is 16.5 Å². The average Bonchev–Trinajstić information content (AvgIpc) is 2.81. The molecule has 34 heavy (non-hydrogen) atoms. The Morgan fingerprint density at radius 2 is 1.79 bits per heavy atom. The topological polar surface area (TPSA) is 58.6 Å². The minimum absolute atomic E-state index is 0.0229. The highest BCUT2D eigenvalue weighted by Gasteiger charge is 2.34. The van der Waals surface area contributed by atoms with E-state index < -0.39 is 11.8 Å². The normalized spacial score (nSPS) is 15.0. The molecule has 1 N–H and O–H groups in total. The minimum Gasteiger partial charge on any atom is -0.494 e. The molecule has 8 heteroatoms. The fourth-order valence-electron chi connectivity index (χ4n) is 3.64. The molecule has 0 unspecified atom stereocenters. The molecule has 1 fully saturated rings. The molecule has 1 aliphatic rings. The number of halogens is 2. The maximum absolute atomic E-state index is 14.2. The molecule has 0 saturated carbocycles. The molecule has 1 heterocycles. The van der Waals surface area contributed by atoms with E-state index >= 15 is 0 Å². The van der Waals surface area contributed by atoms with Crippen LogP contribution in [0.25, 0.3) is 6.08 Å². The number of hydrogen-bond donors (Lipinski definition) is 1. The second-order valence-corrected chi connectivity index (χ2v) is 8.72. The molecule has 2 amide bonds. The number of amides is 2. The zero-order chi connectivity index (χ0) is 24.2. The number of carbonyl (C=O) groups is 2. The van der Waals surface area contributed by atoms with E-state index in [1.165, 1.54) is 17.0 Å². The van der Waals surface area contributed by atoms with Crippen LogP contribution >= 0.6 is 28.1 Å². The number of anilines is 1. The monoisotopic (exact) mass is 538 g/mol. The predicted molar refractivity (Wildman–Crippen MR) is 137 cm³/mol. The Morgan fingerprint density at radius 3 is 2.50 bits per heavy atom. The standard InChI is InChI=1S/C26H20BrFN2O3S/c1-2-33-23-14-16(13-21(27)19(23)15-17-8-6-7-11-22(17)28)12-20-24(31)29-26(34)30(25(20)32)18-9-4-3-5-10-18/h3-14H,2,15H2,1H3,(H,29,31,34)/b20-12-. The van der Waals surface area contributed by atoms with Crippen molar-refractivity contribution in [2.24, 2.45) is 0 Å². The van der Waals surface area contributed by atoms with E-state index in [4.69, 9.17) is 17.0 Å². The van der Waals surface area contributed by atoms with Crippen LogP contribution in [-0.4, -0.2) is 23.5 Å². The first-order valence-electron chi connectivity index (χ1n) is 10.5. The summed E-state index contributed by atoms with van der Waals surface area (Å²) in [6, 6.07) is 18.9. The Morgan fingerprint density at radius 1 is 1.09 bits per heavy atom. The van der Waals surface area contributed by atoms with E-state index in [2.05, 4.69) is 21.2 Å². The van der Waals surface area contributed by atoms with Crippen molar-refractivity contribution in [3.8, 4) is 5.75 Å². The molecule has 172 valence electrons. The number of ether oxygens (including phenoxy) is 1. The molecule has 0 spiro atoms. The van der Waals surface area contributed by atoms with Crippen molar-refractivity contribution in [1.82, 2.24) is 5.32 Å². The maximum Gasteiger partial charge on any atom is 0.270 e. The summed E-state index contributed by atoms with van der Waals surface area (Å²) < 4.78 is 20.7. The molecule has 1 saturated heterocycles. The SMILES string of the molecule is CCOc1cc(/C=C2/C(=O)NC(=S)N(c3ccccc3)C2=O)cc(Br)c1Cc1ccccc1F. The van der Waals surface area contributed by atoms with Gasteiger partial charge in [-0.05, 0) is 66.7 Å². The van der Waals surface area contributed by atoms with Crippen molar-refractivity contribution < 1.29 is 18.7 Å². The fourth-order valence-corrected chi connectivity index (χ4v) is 4.52. The predicted octanol–water partition coefficient (Wildman–Crippen LogP) is 5.41. The minimum atomic E-state index is -0.577. The van der Waals surface area contributed by atoms with Crippen LogP contribution in [0.2, 0.25) is 0 Å². The third-order valence-electron chi connectivity index (χ3n) is 5.23. The second-order valence-electron chi connectivity index (χ2n) is 7.47. The van der Waals surface area contributed by atoms with Gasteiger partial charge in [0.25, 0.3) is 11.8 Å². The van der Waals surface area contributed by atoms with Gasteiger partial charge in [-0.15, -0.1) is 0 Å². The fraction of sp³-hybridized carbons (Fsp3) is 0.115. The summed E-state index contributed by atoms with van der Waals surface area (Å²) in [5.41, 5.74) is 2.37. The number of para-hydroxylation sites is 1. The number of rotatable bonds is 6. The van der Waals surface area contributed by atoms with Crippen LogP contribution in [0, 0.1) is 5.82 Å². The van der Waals surface area contributed by atoms with Crippen LogP contribution in [0.4, 0.5) is 10.1 Å². The molecule has 3 aromatic rings. The number of benzene rings is 3. The number of nitrogens with one attached hydrogen (secondary N) is 1. The number of thiocarbonyl (C=S) groups is 1. The van der Waals surface area contributed by atoms with Gasteiger partial charge in [-0.3, -0.25) is 19.8 Å². The molecule has 0 aromatic heterocycles. The average molecular weight is 539 g/mol. The molecule has 4 rings (SSSR count). The van der Waals surface area contributed by atoms with Gasteiger partial charge in [0, 0.05) is 16.5 Å². The van der Waals surface area contributed by atoms with Gasteiger partial charge >= 0.3 is 0 Å². The maximum atomic E-state index is 14.2. The van der Waals surface area contributed by atoms with Gasteiger partial charge in [0.05, 0.1) is 12.3 Å². The van der Waals surface area contributed by atoms with Crippen LogP contribution in [0.15, 0.2) is 76.8 Å². The zero-order valence-corrected chi connectivity index (χ0v) is 20.6. The molecule has 0 atom stereocenters. The molecule has 3 aromatic carbocycles. The molecule has 1 aliphatic heterocycles. The smallest absolute Gasteiger partial charge is 0.270 e. The van der Waals surface area contributed by atoms with Gasteiger partial charge in [-0.2, -0.15) is 0 Å². The first kappa shape index (κ1) is 23.8. The van der Waals surface area contributed by atoms with Crippen LogP contribution in [0.3, 0.4) is 0 Å². The Balaban J connectivity index is 1.73. The zero-order valence-electron chi connectivity index (χ0n) is 18.2. The summed E-state index contributed by atoms with van der Waals surface area (Å²) in [4.78, 5) is 27.1. The van der Waals surface area contributed by atoms with E-state index in [0.29, 0.717) is 40.1 Å². The van der Waals surface area contributed by atoms with Crippen LogP contribution < -0.4 is 15.0 Å². The van der Waals surface area contributed by atoms with Gasteiger partial charge in [-0.1, -0.05) is 52.3 Å². The van der Waals surface area contributed by atoms with Gasteiger partial charge < -0.3 is 4.74 Å². The molecule has 0 radical (unpaired) electrons. The number of hydrogen-bond acceptors (Lipinski definition) is 4. The van der Waals surface area contributed by atoms with Crippen molar-refractivity contribution in [1.29, 1.82) is 0 Å². The quantitative estimate of drug-likeness (QED) is 0.259. The van der Waals surface area contributed by atoms with Crippen molar-refractivity contribution in [2.75, 3.05) is 11.5 Å². The van der Waals surface area contributed by atoms with Gasteiger partial charge in [-0.25, -0.2) is 4.39 Å². The summed E-state index contributed by atoms with van der Waals surface area (Å²) in [6.45, 7) is 2.24. The molecular weight excluding hydrogens is 519 g/mol. The lowest BCUT2D eigenvalue weighted by atomic mass is 10.00. The summed E-state index contributed by atoms with van der Waals surface area (Å²) in [5, 5.41) is 2.60. The van der Waals surface area contributed by atoms with Crippen LogP contribution in [-0.2, 0) is 16.0 Å². The first-order valence-corrected chi connectivity index (χ1v) is 11.7. The van der Waals surface area contributed by atoms with Crippen LogP contribution in [0.1, 0.15) is 23.6 Å². The Labute approximate surface area is 210 Å². The van der Waals surface area contributed by atoms with Gasteiger partial charge in [0.15, 0.2) is 5.11 Å². The van der Waals surface area contributed by atoms with Crippen molar-refractivity contribution >= 4 is 56.8 Å². The highest BCUT2D eigenvalue weighted by molar-refractivity contribution is 9.10. The van der Waals surface area contributed by atoms with Crippen molar-refractivity contribution in [2.45, 2.75) is 13.3 Å². The molecular formula is C26H20BrFN2O3S. The lowest BCUT2D eigenvalue weighted by molar-refractivity contribution is -0.122. The second kappa shape index (κ2) is 10.3. The lowest BCUT2D eigenvalue weighted by Gasteiger charge is -2.28. The van der Waals surface area contributed by atoms with Crippen molar-refractivity contribution in [3.05, 3.63) is 99.3 Å². The largest absolute Gasteiger partial charge is 0.494 e. The van der Waals surface area contributed by atoms with Crippen LogP contribution in [0.5, 0.6) is 5.75 Å². The number of nitrogens with zero attached hydrogens (tertiary/aromatic N) is 1. The summed E-state index contributed by atoms with van der Waals surface area (Å²) in [5.74, 6) is -0.869. The first-order chi connectivity index (χ1) is 16.4. The highest BCUT2D eigenvalue weighted by Crippen LogP contribution is 2.33. The molecule has 0 aliphatic carbocycles. The van der Waals surface area contributed by atoms with E-state index in [1.807, 2.05) is 13.0 Å². The third-order valence-corrected chi connectivity index (χ3v) is 6.22. The van der Waals surface area contributed by atoms with E-state index in [9.17, 15) is 14.0 Å². The highest BCUT2D eigenvalue weighted by atomic mass is 79.9. The van der Waals surface area contributed by atoms with Crippen molar-refractivity contribution in [3.63, 3.8) is 0 Å². The van der Waals surface area contributed by atoms with E-state index in [1.54, 1.807) is 54.6 Å². The summed E-state index contributed by atoms with van der Waals surface area (Å²) in [7, 11) is 0. The molecule has 0 bridgehead atoms. The van der Waals surface area contributed by atoms with E-state index in [0.717, 1.165) is 5.56 Å². The van der Waals surface area contributed by atoms with Gasteiger partial charge in [0.1, 0.15) is 17.1 Å². The Kier molecular flexibility index (Phi) is 7.19. The third kappa shape index (κ3) is 4.93. The lowest BCUT2D eigenvalue weighted by Crippen LogP contribution is -2.54. The Bertz CT molecular complexity index is 1310. The number of carbonyl (C=O) groups excluding carboxylic acids is 2. The molecule has 5 nitrogen and oxygen atoms in total. The summed E-state index contributed by atoms with van der Waals surface area (Å²) in [6.07, 6.45) is 1.81.